The van der Waals surface area contributed by atoms with E-state index in [9.17, 15) is 27.9 Å². The van der Waals surface area contributed by atoms with E-state index in [-0.39, 0.29) is 24.3 Å². The highest BCUT2D eigenvalue weighted by atomic mass is 19.4. The molecule has 2 fully saturated rings. The molecule has 0 radical (unpaired) electrons. The Hall–Kier alpha value is -3.46. The first-order valence-electron chi connectivity index (χ1n) is 13.9. The van der Waals surface area contributed by atoms with Crippen LogP contribution in [0.15, 0.2) is 67.3 Å². The van der Waals surface area contributed by atoms with Crippen molar-refractivity contribution in [3.8, 4) is 5.69 Å². The number of amides is 1. The van der Waals surface area contributed by atoms with E-state index in [4.69, 9.17) is 0 Å². The molecular formula is C31H34F3N3O3. The summed E-state index contributed by atoms with van der Waals surface area (Å²) in [7, 11) is 0. The molecule has 1 atom stereocenters. The van der Waals surface area contributed by atoms with Crippen LogP contribution in [0.2, 0.25) is 0 Å². The Morgan fingerprint density at radius 1 is 1.00 bits per heavy atom. The molecular weight excluding hydrogens is 519 g/mol. The molecule has 6 nitrogen and oxygen atoms in total. The van der Waals surface area contributed by atoms with Gasteiger partial charge < -0.3 is 14.6 Å². The van der Waals surface area contributed by atoms with Crippen LogP contribution in [-0.2, 0) is 16.6 Å². The number of alkyl halides is 3. The minimum Gasteiger partial charge on any atom is -0.385 e. The number of carbonyl (C=O) groups is 2. The fourth-order valence-electron chi connectivity index (χ4n) is 6.15. The van der Waals surface area contributed by atoms with Crippen molar-refractivity contribution in [3.05, 3.63) is 83.9 Å². The summed E-state index contributed by atoms with van der Waals surface area (Å²) in [4.78, 5) is 31.0. The quantitative estimate of drug-likeness (QED) is 0.339. The highest BCUT2D eigenvalue weighted by Gasteiger charge is 2.37. The number of aromatic nitrogens is 2. The number of likely N-dealkylation sites (tertiary alicyclic amines) is 1. The molecule has 1 N–H and O–H groups in total. The molecule has 0 bridgehead atoms. The summed E-state index contributed by atoms with van der Waals surface area (Å²) in [6.45, 7) is 1.29. The summed E-state index contributed by atoms with van der Waals surface area (Å²) in [5.41, 5.74) is 0.226. The van der Waals surface area contributed by atoms with Gasteiger partial charge in [0.25, 0.3) is 0 Å². The number of imidazole rings is 1. The Balaban J connectivity index is 1.06. The number of aliphatic hydroxyl groups is 1. The number of carbonyl (C=O) groups excluding carboxylic acids is 2. The largest absolute Gasteiger partial charge is 0.416 e. The minimum atomic E-state index is -4.51. The average Bonchev–Trinajstić information content (AvgIpc) is 3.66. The molecule has 1 saturated heterocycles. The first-order valence-corrected chi connectivity index (χ1v) is 13.9. The van der Waals surface area contributed by atoms with Crippen LogP contribution in [0.4, 0.5) is 13.2 Å². The molecule has 2 heterocycles. The van der Waals surface area contributed by atoms with E-state index in [0.29, 0.717) is 37.8 Å². The van der Waals surface area contributed by atoms with Crippen molar-refractivity contribution in [2.24, 2.45) is 11.8 Å². The van der Waals surface area contributed by atoms with Crippen LogP contribution >= 0.6 is 0 Å². The van der Waals surface area contributed by atoms with E-state index < -0.39 is 23.1 Å². The van der Waals surface area contributed by atoms with Crippen LogP contribution in [0.5, 0.6) is 0 Å². The van der Waals surface area contributed by atoms with Gasteiger partial charge in [0.1, 0.15) is 0 Å². The van der Waals surface area contributed by atoms with Crippen LogP contribution in [0.1, 0.15) is 72.9 Å². The molecule has 9 heteroatoms. The topological polar surface area (TPSA) is 75.4 Å². The zero-order chi connectivity index (χ0) is 28.3. The summed E-state index contributed by atoms with van der Waals surface area (Å²) in [6, 6.07) is 12.3. The Labute approximate surface area is 231 Å². The molecule has 1 amide bonds. The van der Waals surface area contributed by atoms with Gasteiger partial charge in [-0.25, -0.2) is 4.98 Å². The number of ketones is 1. The Bertz CT molecular complexity index is 1310. The minimum absolute atomic E-state index is 0.00209. The molecule has 0 spiro atoms. The van der Waals surface area contributed by atoms with Gasteiger partial charge in [0.05, 0.1) is 17.5 Å². The van der Waals surface area contributed by atoms with E-state index in [1.54, 1.807) is 17.4 Å². The second-order valence-corrected chi connectivity index (χ2v) is 11.2. The van der Waals surface area contributed by atoms with Gasteiger partial charge in [0, 0.05) is 49.6 Å². The molecule has 1 aromatic heterocycles. The third-order valence-corrected chi connectivity index (χ3v) is 8.52. The molecule has 2 aromatic carbocycles. The van der Waals surface area contributed by atoms with Crippen molar-refractivity contribution in [3.63, 3.8) is 0 Å². The summed E-state index contributed by atoms with van der Waals surface area (Å²) in [6.07, 6.45) is 5.90. The van der Waals surface area contributed by atoms with Gasteiger partial charge in [-0.2, -0.15) is 13.2 Å². The highest BCUT2D eigenvalue weighted by molar-refractivity contribution is 5.98. The molecule has 212 valence electrons. The van der Waals surface area contributed by atoms with Crippen molar-refractivity contribution >= 4 is 11.7 Å². The van der Waals surface area contributed by atoms with Crippen molar-refractivity contribution in [1.82, 2.24) is 14.5 Å². The van der Waals surface area contributed by atoms with Gasteiger partial charge in [0.15, 0.2) is 5.78 Å². The van der Waals surface area contributed by atoms with E-state index >= 15 is 0 Å². The second-order valence-electron chi connectivity index (χ2n) is 11.2. The van der Waals surface area contributed by atoms with Gasteiger partial charge >= 0.3 is 6.18 Å². The number of rotatable bonds is 8. The standard InChI is InChI=1S/C31H34F3N3O3/c32-31(33,34)26-3-1-2-24(19-26)28(38)8-9-29(39)36-16-12-23(20-36)18-22-10-13-30(40,14-11-22)25-4-6-27(7-5-25)37-17-15-35-21-37/h1-7,15,17,19,21-23,40H,8-14,16,18,20H2. The predicted octanol–water partition coefficient (Wildman–Crippen LogP) is 6.17. The number of benzene rings is 2. The fraction of sp³-hybridized carbons (Fsp3) is 0.452. The van der Waals surface area contributed by atoms with Gasteiger partial charge in [-0.15, -0.1) is 0 Å². The predicted molar refractivity (Wildman–Crippen MR) is 144 cm³/mol. The van der Waals surface area contributed by atoms with Crippen molar-refractivity contribution in [2.75, 3.05) is 13.1 Å². The molecule has 1 aliphatic heterocycles. The lowest BCUT2D eigenvalue weighted by atomic mass is 9.73. The van der Waals surface area contributed by atoms with E-state index in [0.717, 1.165) is 49.1 Å². The Kier molecular flexibility index (Phi) is 8.12. The average molecular weight is 554 g/mol. The van der Waals surface area contributed by atoms with Crippen LogP contribution in [-0.4, -0.2) is 44.3 Å². The van der Waals surface area contributed by atoms with Gasteiger partial charge in [-0.3, -0.25) is 9.59 Å². The number of nitrogens with zero attached hydrogens (tertiary/aromatic N) is 3. The smallest absolute Gasteiger partial charge is 0.385 e. The zero-order valence-corrected chi connectivity index (χ0v) is 22.3. The molecule has 1 aliphatic carbocycles. The maximum Gasteiger partial charge on any atom is 0.416 e. The SMILES string of the molecule is O=C(CCC(=O)N1CCC(CC2CCC(O)(c3ccc(-n4ccnc4)cc3)CC2)C1)c1cccc(C(F)(F)F)c1. The lowest BCUT2D eigenvalue weighted by Gasteiger charge is -2.37. The maximum absolute atomic E-state index is 12.9. The fourth-order valence-corrected chi connectivity index (χ4v) is 6.15. The maximum atomic E-state index is 12.9. The number of Topliss-reactive ketones (excluding diaryl/α,β-unsaturated/α-hetero) is 1. The monoisotopic (exact) mass is 553 g/mol. The summed E-state index contributed by atoms with van der Waals surface area (Å²) in [5, 5.41) is 11.3. The Morgan fingerprint density at radius 2 is 1.75 bits per heavy atom. The van der Waals surface area contributed by atoms with E-state index in [2.05, 4.69) is 4.98 Å². The first kappa shape index (κ1) is 28.1. The van der Waals surface area contributed by atoms with Crippen molar-refractivity contribution in [1.29, 1.82) is 0 Å². The lowest BCUT2D eigenvalue weighted by molar-refractivity contribution is -0.137. The van der Waals surface area contributed by atoms with Crippen molar-refractivity contribution < 1.29 is 27.9 Å². The molecule has 5 rings (SSSR count). The number of hydrogen-bond acceptors (Lipinski definition) is 4. The second kappa shape index (κ2) is 11.6. The zero-order valence-electron chi connectivity index (χ0n) is 22.3. The van der Waals surface area contributed by atoms with Crippen LogP contribution in [0.25, 0.3) is 5.69 Å². The molecule has 3 aromatic rings. The third-order valence-electron chi connectivity index (χ3n) is 8.52. The van der Waals surface area contributed by atoms with Gasteiger partial charge in [0.2, 0.25) is 5.91 Å². The van der Waals surface area contributed by atoms with Crippen molar-refractivity contribution in [2.45, 2.75) is 63.1 Å². The summed E-state index contributed by atoms with van der Waals surface area (Å²) in [5.74, 6) is 0.294. The molecule has 2 aliphatic rings. The molecule has 1 saturated carbocycles. The summed E-state index contributed by atoms with van der Waals surface area (Å²) < 4.78 is 40.7. The van der Waals surface area contributed by atoms with Gasteiger partial charge in [-0.1, -0.05) is 24.3 Å². The number of halogens is 3. The molecule has 40 heavy (non-hydrogen) atoms. The van der Waals surface area contributed by atoms with E-state index in [1.165, 1.54) is 12.1 Å². The number of hydrogen-bond donors (Lipinski definition) is 1. The molecule has 1 unspecified atom stereocenters. The Morgan fingerprint density at radius 3 is 2.42 bits per heavy atom. The summed E-state index contributed by atoms with van der Waals surface area (Å²) >= 11 is 0. The third kappa shape index (κ3) is 6.46. The van der Waals surface area contributed by atoms with E-state index in [1.807, 2.05) is 35.0 Å². The van der Waals surface area contributed by atoms with Crippen LogP contribution in [0, 0.1) is 11.8 Å². The first-order chi connectivity index (χ1) is 19.1. The van der Waals surface area contributed by atoms with Crippen LogP contribution < -0.4 is 0 Å². The lowest BCUT2D eigenvalue weighted by Crippen LogP contribution is -2.32. The van der Waals surface area contributed by atoms with Crippen LogP contribution in [0.3, 0.4) is 0 Å². The normalized spacial score (nSPS) is 23.4. The highest BCUT2D eigenvalue weighted by Crippen LogP contribution is 2.42. The van der Waals surface area contributed by atoms with Gasteiger partial charge in [-0.05, 0) is 80.2 Å².